The molecule has 0 aromatic heterocycles. The molecule has 0 heterocycles. The second-order valence-corrected chi connectivity index (χ2v) is 3.92. The summed E-state index contributed by atoms with van der Waals surface area (Å²) in [5, 5.41) is 0. The summed E-state index contributed by atoms with van der Waals surface area (Å²) in [7, 11) is 0. The third kappa shape index (κ3) is 1.79. The van der Waals surface area contributed by atoms with Gasteiger partial charge in [-0.2, -0.15) is 0 Å². The first-order chi connectivity index (χ1) is 5.71. The maximum atomic E-state index is 11.2. The van der Waals surface area contributed by atoms with Gasteiger partial charge in [-0.3, -0.25) is 10.5 Å². The van der Waals surface area contributed by atoms with E-state index in [1.54, 1.807) is 0 Å². The number of carbonyl (C=O) groups is 1. The zero-order valence-corrected chi connectivity index (χ0v) is 7.86. The van der Waals surface area contributed by atoms with Crippen LogP contribution in [0.5, 0.6) is 0 Å². The Bertz CT molecular complexity index is 154. The molecule has 69 valence electrons. The van der Waals surface area contributed by atoms with E-state index in [-0.39, 0.29) is 11.3 Å². The van der Waals surface area contributed by atoms with Crippen molar-refractivity contribution in [2.75, 3.05) is 0 Å². The number of carbonyl (C=O) groups excluding carboxylic acids is 1. The van der Waals surface area contributed by atoms with Crippen molar-refractivity contribution in [2.45, 2.75) is 51.9 Å². The largest absolute Gasteiger partial charge is 0.273 e. The molecule has 0 spiro atoms. The molecule has 2 heteroatoms. The molecule has 0 unspecified atom stereocenters. The Hall–Kier alpha value is -0.530. The lowest BCUT2D eigenvalue weighted by atomic mass is 9.71. The summed E-state index contributed by atoms with van der Waals surface area (Å²) < 4.78 is 0. The van der Waals surface area contributed by atoms with Gasteiger partial charge in [0.2, 0.25) is 5.91 Å². The van der Waals surface area contributed by atoms with Gasteiger partial charge >= 0.3 is 0 Å². The van der Waals surface area contributed by atoms with Crippen molar-refractivity contribution in [3.8, 4) is 0 Å². The minimum absolute atomic E-state index is 0.243. The number of rotatable bonds is 3. The van der Waals surface area contributed by atoms with Crippen LogP contribution in [0.1, 0.15) is 51.9 Å². The number of hydrogen-bond donors (Lipinski definition) is 0. The molecule has 0 aromatic rings. The van der Waals surface area contributed by atoms with Crippen LogP contribution in [0.3, 0.4) is 0 Å². The fourth-order valence-corrected chi connectivity index (χ4v) is 2.30. The van der Waals surface area contributed by atoms with E-state index in [1.807, 2.05) is 0 Å². The summed E-state index contributed by atoms with van der Waals surface area (Å²) in [5.41, 5.74) is 7.04. The van der Waals surface area contributed by atoms with Crippen LogP contribution in [0.4, 0.5) is 0 Å². The molecule has 1 rings (SSSR count). The summed E-state index contributed by atoms with van der Waals surface area (Å²) in [6, 6.07) is 0. The van der Waals surface area contributed by atoms with Gasteiger partial charge in [0, 0.05) is 0 Å². The van der Waals surface area contributed by atoms with Gasteiger partial charge in [0.25, 0.3) is 0 Å². The Morgan fingerprint density at radius 3 is 2.33 bits per heavy atom. The smallest absolute Gasteiger partial charge is 0.244 e. The topological polar surface area (TPSA) is 40.9 Å². The average Bonchev–Trinajstić information content (AvgIpc) is 2.06. The fourth-order valence-electron chi connectivity index (χ4n) is 2.30. The zero-order valence-electron chi connectivity index (χ0n) is 7.86. The molecule has 0 aliphatic heterocycles. The van der Waals surface area contributed by atoms with Gasteiger partial charge in [0.05, 0.1) is 5.41 Å². The van der Waals surface area contributed by atoms with Crippen LogP contribution in [-0.2, 0) is 4.79 Å². The molecule has 1 radical (unpaired) electrons. The summed E-state index contributed by atoms with van der Waals surface area (Å²) in [5.74, 6) is -0.316. The van der Waals surface area contributed by atoms with Crippen LogP contribution in [0.25, 0.3) is 0 Å². The summed E-state index contributed by atoms with van der Waals surface area (Å²) in [6.07, 6.45) is 7.42. The highest BCUT2D eigenvalue weighted by molar-refractivity contribution is 5.80. The van der Waals surface area contributed by atoms with Gasteiger partial charge in [-0.05, 0) is 19.3 Å². The molecular weight excluding hydrogens is 150 g/mol. The Balaban J connectivity index is 2.63. The molecule has 0 atom stereocenters. The van der Waals surface area contributed by atoms with E-state index in [0.29, 0.717) is 0 Å². The SMILES string of the molecule is CCCC1(C([NH])=O)CCCCC1. The Labute approximate surface area is 74.5 Å². The van der Waals surface area contributed by atoms with Gasteiger partial charge in [0.1, 0.15) is 0 Å². The molecule has 0 saturated heterocycles. The minimum atomic E-state index is -0.316. The quantitative estimate of drug-likeness (QED) is 0.638. The van der Waals surface area contributed by atoms with Gasteiger partial charge in [-0.1, -0.05) is 32.6 Å². The fraction of sp³-hybridized carbons (Fsp3) is 0.900. The van der Waals surface area contributed by atoms with Gasteiger partial charge in [-0.15, -0.1) is 0 Å². The first-order valence-electron chi connectivity index (χ1n) is 4.97. The lowest BCUT2D eigenvalue weighted by Gasteiger charge is -2.33. The van der Waals surface area contributed by atoms with Crippen molar-refractivity contribution in [3.63, 3.8) is 0 Å². The normalized spacial score (nSPS) is 22.1. The Morgan fingerprint density at radius 2 is 1.92 bits per heavy atom. The zero-order chi connectivity index (χ0) is 9.03. The van der Waals surface area contributed by atoms with Crippen molar-refractivity contribution in [3.05, 3.63) is 0 Å². The second kappa shape index (κ2) is 3.92. The number of hydrogen-bond acceptors (Lipinski definition) is 1. The van der Waals surface area contributed by atoms with Crippen LogP contribution >= 0.6 is 0 Å². The summed E-state index contributed by atoms with van der Waals surface area (Å²) >= 11 is 0. The molecule has 0 bridgehead atoms. The predicted molar refractivity (Wildman–Crippen MR) is 48.5 cm³/mol. The monoisotopic (exact) mass is 168 g/mol. The maximum absolute atomic E-state index is 11.2. The summed E-state index contributed by atoms with van der Waals surface area (Å²) in [4.78, 5) is 11.2. The highest BCUT2D eigenvalue weighted by Gasteiger charge is 2.36. The third-order valence-electron chi connectivity index (χ3n) is 3.02. The van der Waals surface area contributed by atoms with Crippen LogP contribution in [0, 0.1) is 5.41 Å². The molecule has 1 aliphatic carbocycles. The van der Waals surface area contributed by atoms with E-state index in [2.05, 4.69) is 6.92 Å². The molecular formula is C10H18NO. The van der Waals surface area contributed by atoms with Crippen LogP contribution < -0.4 is 5.73 Å². The third-order valence-corrected chi connectivity index (χ3v) is 3.02. The van der Waals surface area contributed by atoms with E-state index in [0.717, 1.165) is 38.5 Å². The molecule has 1 aliphatic rings. The molecule has 0 aromatic carbocycles. The summed E-state index contributed by atoms with van der Waals surface area (Å²) in [6.45, 7) is 2.10. The van der Waals surface area contributed by atoms with E-state index in [9.17, 15) is 4.79 Å². The maximum Gasteiger partial charge on any atom is 0.244 e. The highest BCUT2D eigenvalue weighted by Crippen LogP contribution is 2.40. The van der Waals surface area contributed by atoms with E-state index < -0.39 is 0 Å². The van der Waals surface area contributed by atoms with Gasteiger partial charge in [0.15, 0.2) is 0 Å². The predicted octanol–water partition coefficient (Wildman–Crippen LogP) is 2.55. The van der Waals surface area contributed by atoms with Crippen LogP contribution in [0.15, 0.2) is 0 Å². The molecule has 2 nitrogen and oxygen atoms in total. The van der Waals surface area contributed by atoms with Crippen LogP contribution in [-0.4, -0.2) is 5.91 Å². The highest BCUT2D eigenvalue weighted by atomic mass is 16.1. The molecule has 1 fully saturated rings. The van der Waals surface area contributed by atoms with Crippen molar-refractivity contribution >= 4 is 5.91 Å². The minimum Gasteiger partial charge on any atom is -0.273 e. The second-order valence-electron chi connectivity index (χ2n) is 3.92. The lowest BCUT2D eigenvalue weighted by molar-refractivity contribution is -0.130. The lowest BCUT2D eigenvalue weighted by Crippen LogP contribution is -2.34. The number of amides is 1. The van der Waals surface area contributed by atoms with Gasteiger partial charge in [-0.25, -0.2) is 0 Å². The molecule has 1 saturated carbocycles. The van der Waals surface area contributed by atoms with Crippen molar-refractivity contribution in [1.82, 2.24) is 5.73 Å². The first-order valence-corrected chi connectivity index (χ1v) is 4.97. The van der Waals surface area contributed by atoms with E-state index in [4.69, 9.17) is 5.73 Å². The standard InChI is InChI=1S/C10H18NO/c1-2-6-10(9(11)12)7-4-3-5-8-10/h11H,2-8H2,1H3. The number of nitrogens with one attached hydrogen (secondary N) is 1. The Morgan fingerprint density at radius 1 is 1.33 bits per heavy atom. The molecule has 1 amide bonds. The molecule has 1 N–H and O–H groups in total. The average molecular weight is 168 g/mol. The van der Waals surface area contributed by atoms with Crippen molar-refractivity contribution < 1.29 is 4.79 Å². The van der Waals surface area contributed by atoms with Crippen LogP contribution in [0.2, 0.25) is 0 Å². The van der Waals surface area contributed by atoms with Crippen molar-refractivity contribution in [2.24, 2.45) is 5.41 Å². The van der Waals surface area contributed by atoms with Crippen molar-refractivity contribution in [1.29, 1.82) is 0 Å². The van der Waals surface area contributed by atoms with E-state index >= 15 is 0 Å². The Kier molecular flexibility index (Phi) is 3.12. The van der Waals surface area contributed by atoms with E-state index in [1.165, 1.54) is 6.42 Å². The molecule has 12 heavy (non-hydrogen) atoms. The van der Waals surface area contributed by atoms with Gasteiger partial charge < -0.3 is 0 Å². The first kappa shape index (κ1) is 9.56.